The lowest BCUT2D eigenvalue weighted by atomic mass is 9.87. The maximum atomic E-state index is 6.39. The molecule has 1 aliphatic carbocycles. The topological polar surface area (TPSA) is 56.4 Å². The maximum Gasteiger partial charge on any atom is 0.143 e. The fourth-order valence-electron chi connectivity index (χ4n) is 7.46. The molecule has 1 atom stereocenters. The molecule has 9 rings (SSSR count). The molecule has 8 aromatic rings. The number of hydrogen-bond donors (Lipinski definition) is 1. The highest BCUT2D eigenvalue weighted by Crippen LogP contribution is 2.38. The third-order valence-corrected chi connectivity index (χ3v) is 9.94. The van der Waals surface area contributed by atoms with Gasteiger partial charge in [0.05, 0.1) is 16.7 Å². The van der Waals surface area contributed by atoms with Crippen LogP contribution in [-0.4, -0.2) is 10.3 Å². The molecule has 0 fully saturated rings. The lowest BCUT2D eigenvalue weighted by Crippen LogP contribution is -2.07. The van der Waals surface area contributed by atoms with Gasteiger partial charge in [0.15, 0.2) is 0 Å². The minimum atomic E-state index is 0.308. The summed E-state index contributed by atoms with van der Waals surface area (Å²) >= 11 is 0. The number of para-hydroxylation sites is 3. The van der Waals surface area contributed by atoms with E-state index in [4.69, 9.17) is 15.1 Å². The van der Waals surface area contributed by atoms with E-state index in [1.807, 2.05) is 18.2 Å². The summed E-state index contributed by atoms with van der Waals surface area (Å²) in [7, 11) is 0. The van der Waals surface area contributed by atoms with Crippen LogP contribution in [0.25, 0.3) is 66.0 Å². The Morgan fingerprint density at radius 1 is 0.700 bits per heavy atom. The van der Waals surface area contributed by atoms with Gasteiger partial charge in [-0.1, -0.05) is 133 Å². The van der Waals surface area contributed by atoms with Gasteiger partial charge >= 0.3 is 0 Å². The average molecular weight is 646 g/mol. The first-order chi connectivity index (χ1) is 24.7. The molecule has 2 heterocycles. The van der Waals surface area contributed by atoms with Gasteiger partial charge < -0.3 is 14.7 Å². The summed E-state index contributed by atoms with van der Waals surface area (Å²) in [6.07, 6.45) is 11.2. The molecule has 2 N–H and O–H groups in total. The Kier molecular flexibility index (Phi) is 7.47. The standard InChI is InChI=1S/C46H35N3O/c47-27-26-42(33-22-20-32(21-23-33)35-13-8-12-34(28-35)31-10-2-1-3-11-31)48-30-49-43-18-6-4-14-38(43)41-29-36(24-25-44(41)49)37-16-9-17-40-39-15-5-7-19-45(39)50-46(37)40/h1-20,22-29,32H,21,30,47H2/b27-26-,48-42+. The molecule has 4 heteroatoms. The first-order valence-electron chi connectivity index (χ1n) is 17.1. The van der Waals surface area contributed by atoms with Crippen molar-refractivity contribution in [3.63, 3.8) is 0 Å². The SMILES string of the molecule is N/C=C\C(=N/Cn1c2ccccc2c2cc(-c3cccc4c3oc3ccccc34)ccc21)C1=CCC(c2cccc(-c3ccccc3)c2)C=C1. The predicted octanol–water partition coefficient (Wildman–Crippen LogP) is 11.6. The van der Waals surface area contributed by atoms with Crippen molar-refractivity contribution in [3.05, 3.63) is 181 Å². The molecule has 6 aromatic carbocycles. The van der Waals surface area contributed by atoms with Crippen LogP contribution in [0.5, 0.6) is 0 Å². The number of fused-ring (bicyclic) bond motifs is 6. The highest BCUT2D eigenvalue weighted by Gasteiger charge is 2.17. The molecular weight excluding hydrogens is 611 g/mol. The first kappa shape index (κ1) is 29.7. The van der Waals surface area contributed by atoms with Gasteiger partial charge in [-0.2, -0.15) is 0 Å². The number of nitrogens with zero attached hydrogens (tertiary/aromatic N) is 2. The normalized spacial score (nSPS) is 15.2. The van der Waals surface area contributed by atoms with Gasteiger partial charge in [-0.05, 0) is 70.8 Å². The van der Waals surface area contributed by atoms with E-state index < -0.39 is 0 Å². The highest BCUT2D eigenvalue weighted by molar-refractivity contribution is 6.13. The van der Waals surface area contributed by atoms with Crippen LogP contribution in [0.3, 0.4) is 0 Å². The van der Waals surface area contributed by atoms with Gasteiger partial charge in [0.25, 0.3) is 0 Å². The second-order valence-corrected chi connectivity index (χ2v) is 12.9. The van der Waals surface area contributed by atoms with Gasteiger partial charge in [-0.3, -0.25) is 4.99 Å². The van der Waals surface area contributed by atoms with Crippen LogP contribution in [0.4, 0.5) is 0 Å². The Balaban J connectivity index is 1.04. The van der Waals surface area contributed by atoms with Gasteiger partial charge in [-0.15, -0.1) is 0 Å². The van der Waals surface area contributed by atoms with Crippen LogP contribution >= 0.6 is 0 Å². The third-order valence-electron chi connectivity index (χ3n) is 9.94. The number of furan rings is 1. The van der Waals surface area contributed by atoms with Crippen molar-refractivity contribution in [2.75, 3.05) is 0 Å². The summed E-state index contributed by atoms with van der Waals surface area (Å²) in [6.45, 7) is 0.468. The number of rotatable bonds is 7. The third kappa shape index (κ3) is 5.22. The molecule has 0 saturated carbocycles. The smallest absolute Gasteiger partial charge is 0.143 e. The number of aliphatic imine (C=N–C) groups is 1. The van der Waals surface area contributed by atoms with Crippen LogP contribution in [0.2, 0.25) is 0 Å². The predicted molar refractivity (Wildman–Crippen MR) is 209 cm³/mol. The Morgan fingerprint density at radius 2 is 1.46 bits per heavy atom. The van der Waals surface area contributed by atoms with E-state index in [1.165, 1.54) is 27.5 Å². The van der Waals surface area contributed by atoms with E-state index in [2.05, 4.69) is 150 Å². The van der Waals surface area contributed by atoms with Crippen LogP contribution in [0, 0.1) is 0 Å². The van der Waals surface area contributed by atoms with E-state index >= 15 is 0 Å². The molecule has 1 unspecified atom stereocenters. The zero-order valence-electron chi connectivity index (χ0n) is 27.5. The molecule has 0 aliphatic heterocycles. The van der Waals surface area contributed by atoms with Crippen molar-refractivity contribution in [2.24, 2.45) is 10.7 Å². The van der Waals surface area contributed by atoms with E-state index in [0.29, 0.717) is 12.6 Å². The quantitative estimate of drug-likeness (QED) is 0.175. The Morgan fingerprint density at radius 3 is 2.32 bits per heavy atom. The largest absolute Gasteiger partial charge is 0.455 e. The Labute approximate surface area is 290 Å². The summed E-state index contributed by atoms with van der Waals surface area (Å²) in [6, 6.07) is 49.3. The lowest BCUT2D eigenvalue weighted by Gasteiger charge is -2.18. The number of nitrogens with two attached hydrogens (primary N) is 1. The molecule has 0 bridgehead atoms. The number of allylic oxidation sites excluding steroid dienone is 5. The average Bonchev–Trinajstić information content (AvgIpc) is 3.72. The molecule has 4 nitrogen and oxygen atoms in total. The Hall–Kier alpha value is -6.39. The van der Waals surface area contributed by atoms with E-state index in [-0.39, 0.29) is 0 Å². The van der Waals surface area contributed by atoms with Gasteiger partial charge in [-0.25, -0.2) is 0 Å². The molecule has 0 radical (unpaired) electrons. The van der Waals surface area contributed by atoms with E-state index in [0.717, 1.165) is 61.8 Å². The van der Waals surface area contributed by atoms with Crippen LogP contribution in [0.15, 0.2) is 185 Å². The molecule has 0 spiro atoms. The summed E-state index contributed by atoms with van der Waals surface area (Å²) in [5, 5.41) is 4.66. The zero-order chi connectivity index (χ0) is 33.4. The lowest BCUT2D eigenvalue weighted by molar-refractivity contribution is 0.670. The van der Waals surface area contributed by atoms with Gasteiger partial charge in [0, 0.05) is 33.0 Å². The molecule has 0 saturated heterocycles. The second kappa shape index (κ2) is 12.6. The van der Waals surface area contributed by atoms with Crippen LogP contribution in [-0.2, 0) is 6.67 Å². The summed E-state index contributed by atoms with van der Waals surface area (Å²) in [5.41, 5.74) is 18.0. The fourth-order valence-corrected chi connectivity index (χ4v) is 7.46. The van der Waals surface area contributed by atoms with Crippen LogP contribution in [0.1, 0.15) is 17.9 Å². The highest BCUT2D eigenvalue weighted by atomic mass is 16.3. The van der Waals surface area contributed by atoms with Crippen molar-refractivity contribution >= 4 is 49.5 Å². The van der Waals surface area contributed by atoms with Crippen LogP contribution < -0.4 is 5.73 Å². The number of aromatic nitrogens is 1. The minimum Gasteiger partial charge on any atom is -0.455 e. The van der Waals surface area contributed by atoms with Crippen molar-refractivity contribution < 1.29 is 4.42 Å². The zero-order valence-corrected chi connectivity index (χ0v) is 27.5. The first-order valence-corrected chi connectivity index (χ1v) is 17.1. The monoisotopic (exact) mass is 645 g/mol. The summed E-state index contributed by atoms with van der Waals surface area (Å²) < 4.78 is 8.69. The van der Waals surface area contributed by atoms with Crippen molar-refractivity contribution in [1.29, 1.82) is 0 Å². The number of benzene rings is 6. The second-order valence-electron chi connectivity index (χ2n) is 12.9. The fraction of sp³-hybridized carbons (Fsp3) is 0.0652. The molecular formula is C46H35N3O. The number of hydrogen-bond acceptors (Lipinski definition) is 3. The molecule has 240 valence electrons. The molecule has 2 aromatic heterocycles. The summed E-state index contributed by atoms with van der Waals surface area (Å²) in [5.74, 6) is 0.308. The maximum absolute atomic E-state index is 6.39. The van der Waals surface area contributed by atoms with Gasteiger partial charge in [0.1, 0.15) is 17.8 Å². The Bertz CT molecular complexity index is 2670. The minimum absolute atomic E-state index is 0.308. The van der Waals surface area contributed by atoms with Crippen molar-refractivity contribution in [3.8, 4) is 22.3 Å². The molecule has 0 amide bonds. The molecule has 50 heavy (non-hydrogen) atoms. The van der Waals surface area contributed by atoms with E-state index in [9.17, 15) is 0 Å². The molecule has 1 aliphatic rings. The van der Waals surface area contributed by atoms with E-state index in [1.54, 1.807) is 6.20 Å². The van der Waals surface area contributed by atoms with Crippen molar-refractivity contribution in [2.45, 2.75) is 19.0 Å². The van der Waals surface area contributed by atoms with Crippen molar-refractivity contribution in [1.82, 2.24) is 4.57 Å². The summed E-state index contributed by atoms with van der Waals surface area (Å²) in [4.78, 5) is 5.16. The van der Waals surface area contributed by atoms with Gasteiger partial charge in [0.2, 0.25) is 0 Å².